The van der Waals surface area contributed by atoms with E-state index in [0.29, 0.717) is 13.2 Å². The topological polar surface area (TPSA) is 38.3 Å². The zero-order valence-electron chi connectivity index (χ0n) is 11.5. The Hall–Kier alpha value is -0.870. The van der Waals surface area contributed by atoms with Crippen LogP contribution in [0.3, 0.4) is 0 Å². The Morgan fingerprint density at radius 2 is 2.16 bits per heavy atom. The van der Waals surface area contributed by atoms with Crippen LogP contribution in [-0.4, -0.2) is 16.8 Å². The van der Waals surface area contributed by atoms with Crippen LogP contribution in [0.1, 0.15) is 48.2 Å². The van der Waals surface area contributed by atoms with Gasteiger partial charge in [-0.3, -0.25) is 4.79 Å². The van der Waals surface area contributed by atoms with Gasteiger partial charge >= 0.3 is 0 Å². The molecule has 104 valence electrons. The Kier molecular flexibility index (Phi) is 4.63. The molecule has 1 heterocycles. The van der Waals surface area contributed by atoms with E-state index in [1.165, 1.54) is 5.56 Å². The summed E-state index contributed by atoms with van der Waals surface area (Å²) < 4.78 is 5.37. The van der Waals surface area contributed by atoms with Gasteiger partial charge in [0.15, 0.2) is 0 Å². The number of benzene rings is 1. The summed E-state index contributed by atoms with van der Waals surface area (Å²) in [6, 6.07) is 5.82. The van der Waals surface area contributed by atoms with E-state index in [9.17, 15) is 4.79 Å². The van der Waals surface area contributed by atoms with Crippen LogP contribution in [0.15, 0.2) is 18.2 Å². The van der Waals surface area contributed by atoms with Crippen molar-refractivity contribution in [3.8, 4) is 0 Å². The standard InChI is InChI=1S/C15H20BrNO2/c1-3-15(2,6-7-16)17-14(18)11-4-5-12-9-19-10-13(12)8-11/h4-5,8H,3,6-7,9-10H2,1-2H3,(H,17,18). The van der Waals surface area contributed by atoms with Gasteiger partial charge in [-0.2, -0.15) is 0 Å². The van der Waals surface area contributed by atoms with Crippen molar-refractivity contribution in [2.24, 2.45) is 0 Å². The first-order valence-corrected chi connectivity index (χ1v) is 7.78. The molecule has 0 spiro atoms. The molecular weight excluding hydrogens is 306 g/mol. The predicted molar refractivity (Wildman–Crippen MR) is 79.5 cm³/mol. The fourth-order valence-corrected chi connectivity index (χ4v) is 3.07. The van der Waals surface area contributed by atoms with Crippen molar-refractivity contribution < 1.29 is 9.53 Å². The number of halogens is 1. The number of hydrogen-bond donors (Lipinski definition) is 1. The fraction of sp³-hybridized carbons (Fsp3) is 0.533. The lowest BCUT2D eigenvalue weighted by Crippen LogP contribution is -2.45. The number of rotatable bonds is 5. The Morgan fingerprint density at radius 3 is 2.84 bits per heavy atom. The van der Waals surface area contributed by atoms with Gasteiger partial charge in [0.05, 0.1) is 13.2 Å². The molecule has 1 aromatic carbocycles. The number of alkyl halides is 1. The maximum atomic E-state index is 12.3. The third-order valence-electron chi connectivity index (χ3n) is 3.83. The van der Waals surface area contributed by atoms with Crippen molar-refractivity contribution in [2.45, 2.75) is 45.4 Å². The highest BCUT2D eigenvalue weighted by atomic mass is 79.9. The quantitative estimate of drug-likeness (QED) is 0.842. The van der Waals surface area contributed by atoms with Gasteiger partial charge in [0.25, 0.3) is 5.91 Å². The molecule has 0 bridgehead atoms. The van der Waals surface area contributed by atoms with Crippen LogP contribution < -0.4 is 5.32 Å². The largest absolute Gasteiger partial charge is 0.372 e. The average molecular weight is 326 g/mol. The van der Waals surface area contributed by atoms with Crippen molar-refractivity contribution in [3.05, 3.63) is 34.9 Å². The van der Waals surface area contributed by atoms with E-state index in [4.69, 9.17) is 4.74 Å². The normalized spacial score (nSPS) is 16.8. The molecule has 1 N–H and O–H groups in total. The Labute approximate surface area is 122 Å². The van der Waals surface area contributed by atoms with Gasteiger partial charge in [-0.25, -0.2) is 0 Å². The van der Waals surface area contributed by atoms with Crippen molar-refractivity contribution in [2.75, 3.05) is 5.33 Å². The van der Waals surface area contributed by atoms with Crippen LogP contribution in [0.25, 0.3) is 0 Å². The van der Waals surface area contributed by atoms with E-state index in [0.717, 1.165) is 29.3 Å². The van der Waals surface area contributed by atoms with Crippen LogP contribution in [0.4, 0.5) is 0 Å². The molecule has 0 radical (unpaired) electrons. The minimum Gasteiger partial charge on any atom is -0.372 e. The number of amides is 1. The van der Waals surface area contributed by atoms with Crippen molar-refractivity contribution in [1.82, 2.24) is 5.32 Å². The smallest absolute Gasteiger partial charge is 0.251 e. The summed E-state index contributed by atoms with van der Waals surface area (Å²) in [5.74, 6) is 0.000000000000000222. The molecule has 1 aliphatic rings. The van der Waals surface area contributed by atoms with Gasteiger partial charge in [-0.1, -0.05) is 28.9 Å². The second-order valence-electron chi connectivity index (χ2n) is 5.28. The molecule has 0 aliphatic carbocycles. The molecule has 0 saturated heterocycles. The highest BCUT2D eigenvalue weighted by Crippen LogP contribution is 2.22. The first kappa shape index (κ1) is 14.5. The fourth-order valence-electron chi connectivity index (χ4n) is 2.20. The van der Waals surface area contributed by atoms with E-state index in [2.05, 4.69) is 35.1 Å². The maximum absolute atomic E-state index is 12.3. The average Bonchev–Trinajstić information content (AvgIpc) is 2.86. The molecular formula is C15H20BrNO2. The van der Waals surface area contributed by atoms with Crippen LogP contribution in [0.2, 0.25) is 0 Å². The van der Waals surface area contributed by atoms with Gasteiger partial charge in [0, 0.05) is 16.4 Å². The molecule has 4 heteroatoms. The zero-order valence-corrected chi connectivity index (χ0v) is 13.0. The lowest BCUT2D eigenvalue weighted by molar-refractivity contribution is 0.0901. The molecule has 1 unspecified atom stereocenters. The molecule has 0 fully saturated rings. The zero-order chi connectivity index (χ0) is 13.9. The number of carbonyl (C=O) groups is 1. The molecule has 2 rings (SSSR count). The number of fused-ring (bicyclic) bond motifs is 1. The van der Waals surface area contributed by atoms with Crippen LogP contribution >= 0.6 is 15.9 Å². The van der Waals surface area contributed by atoms with Gasteiger partial charge < -0.3 is 10.1 Å². The SMILES string of the molecule is CCC(C)(CCBr)NC(=O)c1ccc2c(c1)COC2. The van der Waals surface area contributed by atoms with Crippen LogP contribution in [0, 0.1) is 0 Å². The second-order valence-corrected chi connectivity index (χ2v) is 6.08. The van der Waals surface area contributed by atoms with Gasteiger partial charge in [-0.15, -0.1) is 0 Å². The van der Waals surface area contributed by atoms with Gasteiger partial charge in [0.2, 0.25) is 0 Å². The lowest BCUT2D eigenvalue weighted by atomic mass is 9.94. The second kappa shape index (κ2) is 6.06. The summed E-state index contributed by atoms with van der Waals surface area (Å²) in [7, 11) is 0. The maximum Gasteiger partial charge on any atom is 0.251 e. The molecule has 3 nitrogen and oxygen atoms in total. The summed E-state index contributed by atoms with van der Waals surface area (Å²) >= 11 is 3.44. The Bertz CT molecular complexity index is 475. The summed E-state index contributed by atoms with van der Waals surface area (Å²) in [6.45, 7) is 5.46. The van der Waals surface area contributed by atoms with Crippen molar-refractivity contribution >= 4 is 21.8 Å². The van der Waals surface area contributed by atoms with E-state index in [-0.39, 0.29) is 11.4 Å². The summed E-state index contributed by atoms with van der Waals surface area (Å²) in [6.07, 6.45) is 1.84. The Balaban J connectivity index is 2.11. The summed E-state index contributed by atoms with van der Waals surface area (Å²) in [5.41, 5.74) is 2.89. The van der Waals surface area contributed by atoms with Crippen molar-refractivity contribution in [3.63, 3.8) is 0 Å². The highest BCUT2D eigenvalue weighted by Gasteiger charge is 2.24. The van der Waals surface area contributed by atoms with E-state index < -0.39 is 0 Å². The van der Waals surface area contributed by atoms with E-state index in [1.54, 1.807) is 0 Å². The first-order valence-electron chi connectivity index (χ1n) is 6.66. The van der Waals surface area contributed by atoms with Crippen LogP contribution in [0.5, 0.6) is 0 Å². The molecule has 0 saturated carbocycles. The third kappa shape index (κ3) is 3.37. The summed E-state index contributed by atoms with van der Waals surface area (Å²) in [4.78, 5) is 12.3. The lowest BCUT2D eigenvalue weighted by Gasteiger charge is -2.29. The van der Waals surface area contributed by atoms with Crippen LogP contribution in [-0.2, 0) is 18.0 Å². The molecule has 1 aliphatic heterocycles. The summed E-state index contributed by atoms with van der Waals surface area (Å²) in [5, 5.41) is 4.03. The minimum absolute atomic E-state index is 0.000000000000000222. The van der Waals surface area contributed by atoms with E-state index >= 15 is 0 Å². The predicted octanol–water partition coefficient (Wildman–Crippen LogP) is 3.40. The molecule has 19 heavy (non-hydrogen) atoms. The number of hydrogen-bond acceptors (Lipinski definition) is 2. The molecule has 1 amide bonds. The first-order chi connectivity index (χ1) is 9.08. The number of nitrogens with one attached hydrogen (secondary N) is 1. The monoisotopic (exact) mass is 325 g/mol. The third-order valence-corrected chi connectivity index (χ3v) is 4.22. The Morgan fingerprint density at radius 1 is 1.42 bits per heavy atom. The van der Waals surface area contributed by atoms with Crippen molar-refractivity contribution in [1.29, 1.82) is 0 Å². The number of ether oxygens (including phenoxy) is 1. The van der Waals surface area contributed by atoms with Gasteiger partial charge in [-0.05, 0) is 43.0 Å². The highest BCUT2D eigenvalue weighted by molar-refractivity contribution is 9.09. The molecule has 1 atom stereocenters. The van der Waals surface area contributed by atoms with E-state index in [1.807, 2.05) is 18.2 Å². The number of carbonyl (C=O) groups excluding carboxylic acids is 1. The minimum atomic E-state index is -0.157. The van der Waals surface area contributed by atoms with Gasteiger partial charge in [0.1, 0.15) is 0 Å². The molecule has 0 aromatic heterocycles. The molecule has 1 aromatic rings.